The molecule has 1 rings (SSSR count). The highest BCUT2D eigenvalue weighted by molar-refractivity contribution is 5.79. The van der Waals surface area contributed by atoms with Crippen molar-refractivity contribution in [1.29, 1.82) is 0 Å². The second-order valence-electron chi connectivity index (χ2n) is 5.62. The Labute approximate surface area is 121 Å². The van der Waals surface area contributed by atoms with Crippen molar-refractivity contribution in [3.05, 3.63) is 34.9 Å². The zero-order valence-corrected chi connectivity index (χ0v) is 12.8. The lowest BCUT2D eigenvalue weighted by molar-refractivity contribution is -0.121. The van der Waals surface area contributed by atoms with Crippen LogP contribution in [0.4, 0.5) is 0 Å². The number of carbonyl (C=O) groups excluding carboxylic acids is 1. The Kier molecular flexibility index (Phi) is 6.17. The Morgan fingerprint density at radius 1 is 1.40 bits per heavy atom. The third-order valence-corrected chi connectivity index (χ3v) is 3.37. The van der Waals surface area contributed by atoms with E-state index in [4.69, 9.17) is 4.74 Å². The van der Waals surface area contributed by atoms with Gasteiger partial charge in [-0.15, -0.1) is 0 Å². The lowest BCUT2D eigenvalue weighted by Gasteiger charge is -2.23. The molecule has 4 nitrogen and oxygen atoms in total. The monoisotopic (exact) mass is 279 g/mol. The van der Waals surface area contributed by atoms with Crippen LogP contribution >= 0.6 is 0 Å². The second-order valence-corrected chi connectivity index (χ2v) is 5.62. The van der Waals surface area contributed by atoms with Crippen LogP contribution in [-0.4, -0.2) is 36.9 Å². The van der Waals surface area contributed by atoms with Gasteiger partial charge in [0.15, 0.2) is 0 Å². The van der Waals surface area contributed by atoms with Gasteiger partial charge in [-0.3, -0.25) is 4.79 Å². The van der Waals surface area contributed by atoms with Gasteiger partial charge >= 0.3 is 0 Å². The summed E-state index contributed by atoms with van der Waals surface area (Å²) in [6, 6.07) is 6.08. The average molecular weight is 279 g/mol. The molecule has 0 aromatic heterocycles. The van der Waals surface area contributed by atoms with Crippen LogP contribution in [0.3, 0.4) is 0 Å². The average Bonchev–Trinajstić information content (AvgIpc) is 2.39. The first-order valence-corrected chi connectivity index (χ1v) is 6.88. The maximum absolute atomic E-state index is 11.9. The number of methoxy groups -OCH3 is 1. The number of aryl methyl sites for hydroxylation is 2. The Hall–Kier alpha value is -1.39. The summed E-state index contributed by atoms with van der Waals surface area (Å²) in [6.07, 6.45) is 0.834. The summed E-state index contributed by atoms with van der Waals surface area (Å²) in [5.41, 5.74) is 2.34. The zero-order chi connectivity index (χ0) is 15.2. The van der Waals surface area contributed by atoms with E-state index < -0.39 is 5.60 Å². The Bertz CT molecular complexity index is 455. The number of nitrogens with one attached hydrogen (secondary N) is 1. The minimum atomic E-state index is -0.937. The number of ether oxygens (including phenoxy) is 1. The highest BCUT2D eigenvalue weighted by atomic mass is 16.5. The highest BCUT2D eigenvalue weighted by Gasteiger charge is 2.20. The van der Waals surface area contributed by atoms with Crippen LogP contribution in [0.1, 0.15) is 30.0 Å². The van der Waals surface area contributed by atoms with Gasteiger partial charge in [0.25, 0.3) is 0 Å². The number of hydrogen-bond donors (Lipinski definition) is 2. The summed E-state index contributed by atoms with van der Waals surface area (Å²) >= 11 is 0. The molecule has 0 bridgehead atoms. The molecule has 0 spiro atoms. The van der Waals surface area contributed by atoms with E-state index >= 15 is 0 Å². The molecule has 1 atom stereocenters. The van der Waals surface area contributed by atoms with Gasteiger partial charge in [0.2, 0.25) is 5.91 Å². The molecule has 0 saturated heterocycles. The van der Waals surface area contributed by atoms with Gasteiger partial charge in [0, 0.05) is 26.7 Å². The largest absolute Gasteiger partial charge is 0.388 e. The topological polar surface area (TPSA) is 58.6 Å². The van der Waals surface area contributed by atoms with Gasteiger partial charge in [-0.2, -0.15) is 0 Å². The van der Waals surface area contributed by atoms with Crippen LogP contribution in [0.5, 0.6) is 0 Å². The van der Waals surface area contributed by atoms with Crippen LogP contribution in [0.2, 0.25) is 0 Å². The Morgan fingerprint density at radius 2 is 2.10 bits per heavy atom. The fourth-order valence-corrected chi connectivity index (χ4v) is 1.93. The number of aliphatic hydroxyl groups is 1. The summed E-state index contributed by atoms with van der Waals surface area (Å²) in [5.74, 6) is -0.0728. The van der Waals surface area contributed by atoms with E-state index in [1.807, 2.05) is 32.0 Å². The third-order valence-electron chi connectivity index (χ3n) is 3.37. The van der Waals surface area contributed by atoms with E-state index in [9.17, 15) is 9.90 Å². The normalized spacial score (nSPS) is 13.8. The molecule has 0 heterocycles. The fourth-order valence-electron chi connectivity index (χ4n) is 1.93. The minimum absolute atomic E-state index is 0.0728. The van der Waals surface area contributed by atoms with Crippen molar-refractivity contribution in [1.82, 2.24) is 5.32 Å². The van der Waals surface area contributed by atoms with Crippen molar-refractivity contribution < 1.29 is 14.6 Å². The first-order valence-electron chi connectivity index (χ1n) is 6.88. The molecule has 0 saturated carbocycles. The smallest absolute Gasteiger partial charge is 0.224 e. The van der Waals surface area contributed by atoms with Gasteiger partial charge in [0.05, 0.1) is 12.0 Å². The molecule has 20 heavy (non-hydrogen) atoms. The molecule has 4 heteroatoms. The summed E-state index contributed by atoms with van der Waals surface area (Å²) in [7, 11) is 1.59. The van der Waals surface area contributed by atoms with Crippen LogP contribution < -0.4 is 5.32 Å². The number of amides is 1. The molecule has 1 aromatic rings. The van der Waals surface area contributed by atoms with Crippen molar-refractivity contribution in [3.8, 4) is 0 Å². The van der Waals surface area contributed by atoms with Gasteiger partial charge in [0.1, 0.15) is 0 Å². The summed E-state index contributed by atoms with van der Waals surface area (Å²) in [5, 5.41) is 12.8. The van der Waals surface area contributed by atoms with E-state index in [-0.39, 0.29) is 12.5 Å². The second kappa shape index (κ2) is 7.41. The molecule has 1 unspecified atom stereocenters. The van der Waals surface area contributed by atoms with E-state index in [2.05, 4.69) is 5.32 Å². The first-order chi connectivity index (χ1) is 9.34. The minimum Gasteiger partial charge on any atom is -0.388 e. The fraction of sp³-hybridized carbons (Fsp3) is 0.562. The number of rotatable bonds is 7. The molecule has 0 aliphatic heterocycles. The molecule has 0 aliphatic rings. The SMILES string of the molecule is COCCC(C)(O)CNC(=O)Cc1cc(C)ccc1C. The maximum Gasteiger partial charge on any atom is 0.224 e. The molecule has 0 fully saturated rings. The zero-order valence-electron chi connectivity index (χ0n) is 12.8. The first kappa shape index (κ1) is 16.7. The summed E-state index contributed by atoms with van der Waals surface area (Å²) in [6.45, 7) is 6.41. The molecular weight excluding hydrogens is 254 g/mol. The van der Waals surface area contributed by atoms with Crippen molar-refractivity contribution in [3.63, 3.8) is 0 Å². The van der Waals surface area contributed by atoms with E-state index in [1.54, 1.807) is 14.0 Å². The van der Waals surface area contributed by atoms with Crippen LogP contribution in [0.25, 0.3) is 0 Å². The standard InChI is InChI=1S/C16H25NO3/c1-12-5-6-13(2)14(9-12)10-15(18)17-11-16(3,19)7-8-20-4/h5-6,9,19H,7-8,10-11H2,1-4H3,(H,17,18). The molecule has 0 radical (unpaired) electrons. The number of hydrogen-bond acceptors (Lipinski definition) is 3. The van der Waals surface area contributed by atoms with Crippen LogP contribution in [0.15, 0.2) is 18.2 Å². The van der Waals surface area contributed by atoms with Crippen LogP contribution in [0, 0.1) is 13.8 Å². The predicted octanol–water partition coefficient (Wildman–Crippen LogP) is 1.75. The van der Waals surface area contributed by atoms with Gasteiger partial charge < -0.3 is 15.2 Å². The summed E-state index contributed by atoms with van der Waals surface area (Å²) < 4.78 is 4.94. The van der Waals surface area contributed by atoms with Crippen molar-refractivity contribution in [2.75, 3.05) is 20.3 Å². The van der Waals surface area contributed by atoms with Crippen molar-refractivity contribution in [2.45, 2.75) is 39.2 Å². The molecule has 112 valence electrons. The number of carbonyl (C=O) groups is 1. The Morgan fingerprint density at radius 3 is 2.75 bits per heavy atom. The lowest BCUT2D eigenvalue weighted by Crippen LogP contribution is -2.41. The Balaban J connectivity index is 2.49. The predicted molar refractivity (Wildman–Crippen MR) is 79.7 cm³/mol. The third kappa shape index (κ3) is 5.72. The maximum atomic E-state index is 11.9. The van der Waals surface area contributed by atoms with Crippen molar-refractivity contribution in [2.24, 2.45) is 0 Å². The van der Waals surface area contributed by atoms with Gasteiger partial charge in [-0.1, -0.05) is 23.8 Å². The summed E-state index contributed by atoms with van der Waals surface area (Å²) in [4.78, 5) is 11.9. The molecular formula is C16H25NO3. The van der Waals surface area contributed by atoms with Gasteiger partial charge in [-0.05, 0) is 31.9 Å². The quantitative estimate of drug-likeness (QED) is 0.799. The van der Waals surface area contributed by atoms with E-state index in [1.165, 1.54) is 0 Å². The van der Waals surface area contributed by atoms with Gasteiger partial charge in [-0.25, -0.2) is 0 Å². The van der Waals surface area contributed by atoms with E-state index in [0.29, 0.717) is 19.4 Å². The molecule has 1 aromatic carbocycles. The molecule has 2 N–H and O–H groups in total. The van der Waals surface area contributed by atoms with Crippen molar-refractivity contribution >= 4 is 5.91 Å². The highest BCUT2D eigenvalue weighted by Crippen LogP contribution is 2.12. The number of benzene rings is 1. The van der Waals surface area contributed by atoms with Crippen LogP contribution in [-0.2, 0) is 16.0 Å². The molecule has 1 amide bonds. The lowest BCUT2D eigenvalue weighted by atomic mass is 10.0. The molecule has 0 aliphatic carbocycles. The van der Waals surface area contributed by atoms with E-state index in [0.717, 1.165) is 16.7 Å².